The third-order valence-corrected chi connectivity index (χ3v) is 2.94. The number of nitriles is 1. The maximum Gasteiger partial charge on any atom is 0.188 e. The van der Waals surface area contributed by atoms with E-state index in [4.69, 9.17) is 11.0 Å². The maximum absolute atomic E-state index is 13.6. The molecule has 0 saturated heterocycles. The molecular formula is C15H21FN4. The predicted octanol–water partition coefficient (Wildman–Crippen LogP) is 2.68. The normalized spacial score (nSPS) is 11.2. The molecule has 20 heavy (non-hydrogen) atoms. The van der Waals surface area contributed by atoms with Crippen LogP contribution in [0.15, 0.2) is 23.2 Å². The van der Waals surface area contributed by atoms with Crippen LogP contribution < -0.4 is 11.1 Å². The fourth-order valence-corrected chi connectivity index (χ4v) is 1.74. The standard InChI is InChI=1S/C15H21FN4/c1-2-3-4-5-8-19-15(18)20-11-13-7-6-12(10-17)9-14(13)16/h6-7,9H,2-5,8,11H2,1H3,(H3,18,19,20). The molecule has 0 saturated carbocycles. The summed E-state index contributed by atoms with van der Waals surface area (Å²) in [7, 11) is 0. The van der Waals surface area contributed by atoms with E-state index in [1.54, 1.807) is 12.1 Å². The van der Waals surface area contributed by atoms with Crippen LogP contribution in [0.2, 0.25) is 0 Å². The zero-order valence-electron chi connectivity index (χ0n) is 11.8. The fraction of sp³-hybridized carbons (Fsp3) is 0.467. The summed E-state index contributed by atoms with van der Waals surface area (Å²) in [6, 6.07) is 6.23. The third-order valence-electron chi connectivity index (χ3n) is 2.94. The molecule has 0 atom stereocenters. The lowest BCUT2D eigenvalue weighted by Crippen LogP contribution is -2.32. The number of unbranched alkanes of at least 4 members (excludes halogenated alkanes) is 3. The summed E-state index contributed by atoms with van der Waals surface area (Å²) in [6.07, 6.45) is 4.63. The molecular weight excluding hydrogens is 255 g/mol. The average molecular weight is 276 g/mol. The number of hydrogen-bond acceptors (Lipinski definition) is 2. The monoisotopic (exact) mass is 276 g/mol. The van der Waals surface area contributed by atoms with Crippen LogP contribution in [0.5, 0.6) is 0 Å². The number of rotatable bonds is 7. The molecule has 0 spiro atoms. The van der Waals surface area contributed by atoms with Crippen molar-refractivity contribution in [3.8, 4) is 6.07 Å². The molecule has 0 aliphatic rings. The zero-order valence-corrected chi connectivity index (χ0v) is 11.8. The van der Waals surface area contributed by atoms with Gasteiger partial charge in [0.05, 0.1) is 18.2 Å². The van der Waals surface area contributed by atoms with Gasteiger partial charge in [0.2, 0.25) is 0 Å². The van der Waals surface area contributed by atoms with Crippen molar-refractivity contribution in [2.24, 2.45) is 10.7 Å². The summed E-state index contributed by atoms with van der Waals surface area (Å²) in [6.45, 7) is 3.12. The molecule has 0 aromatic heterocycles. The Morgan fingerprint density at radius 1 is 1.40 bits per heavy atom. The number of guanidine groups is 1. The van der Waals surface area contributed by atoms with E-state index in [1.807, 2.05) is 6.07 Å². The Bertz CT molecular complexity index is 491. The lowest BCUT2D eigenvalue weighted by molar-refractivity contribution is 0.609. The molecule has 0 aliphatic carbocycles. The van der Waals surface area contributed by atoms with E-state index in [-0.39, 0.29) is 6.54 Å². The van der Waals surface area contributed by atoms with E-state index < -0.39 is 5.82 Å². The van der Waals surface area contributed by atoms with Gasteiger partial charge in [-0.15, -0.1) is 0 Å². The molecule has 1 aromatic carbocycles. The van der Waals surface area contributed by atoms with Crippen molar-refractivity contribution >= 4 is 5.96 Å². The van der Waals surface area contributed by atoms with Crippen LogP contribution >= 0.6 is 0 Å². The van der Waals surface area contributed by atoms with Crippen molar-refractivity contribution in [1.82, 2.24) is 5.32 Å². The van der Waals surface area contributed by atoms with E-state index in [0.29, 0.717) is 17.1 Å². The van der Waals surface area contributed by atoms with Crippen molar-refractivity contribution in [2.45, 2.75) is 39.2 Å². The maximum atomic E-state index is 13.6. The topological polar surface area (TPSA) is 74.2 Å². The molecule has 1 aromatic rings. The summed E-state index contributed by atoms with van der Waals surface area (Å²) < 4.78 is 13.6. The number of nitrogens with two attached hydrogens (primary N) is 1. The Morgan fingerprint density at radius 2 is 2.20 bits per heavy atom. The number of nitrogens with zero attached hydrogens (tertiary/aromatic N) is 2. The average Bonchev–Trinajstić information content (AvgIpc) is 2.45. The molecule has 4 nitrogen and oxygen atoms in total. The Kier molecular flexibility index (Phi) is 7.12. The number of hydrogen-bond donors (Lipinski definition) is 2. The quantitative estimate of drug-likeness (QED) is 0.457. The highest BCUT2D eigenvalue weighted by Gasteiger charge is 2.03. The smallest absolute Gasteiger partial charge is 0.188 e. The van der Waals surface area contributed by atoms with Gasteiger partial charge in [-0.2, -0.15) is 5.26 Å². The molecule has 5 heteroatoms. The molecule has 3 N–H and O–H groups in total. The summed E-state index contributed by atoms with van der Waals surface area (Å²) in [4.78, 5) is 4.09. The number of halogens is 1. The molecule has 0 heterocycles. The van der Waals surface area contributed by atoms with Gasteiger partial charge in [-0.1, -0.05) is 32.3 Å². The minimum atomic E-state index is -0.427. The van der Waals surface area contributed by atoms with Gasteiger partial charge in [0.1, 0.15) is 5.82 Å². The Labute approximate surface area is 119 Å². The van der Waals surface area contributed by atoms with Gasteiger partial charge in [-0.3, -0.25) is 0 Å². The van der Waals surface area contributed by atoms with E-state index in [2.05, 4.69) is 17.2 Å². The third kappa shape index (κ3) is 5.70. The van der Waals surface area contributed by atoms with Crippen molar-refractivity contribution in [3.05, 3.63) is 35.1 Å². The van der Waals surface area contributed by atoms with E-state index in [9.17, 15) is 4.39 Å². The molecule has 0 amide bonds. The lowest BCUT2D eigenvalue weighted by atomic mass is 10.1. The van der Waals surface area contributed by atoms with Gasteiger partial charge in [0.25, 0.3) is 0 Å². The van der Waals surface area contributed by atoms with Crippen LogP contribution in [0.1, 0.15) is 43.7 Å². The number of benzene rings is 1. The predicted molar refractivity (Wildman–Crippen MR) is 78.6 cm³/mol. The minimum Gasteiger partial charge on any atom is -0.370 e. The second-order valence-electron chi connectivity index (χ2n) is 4.61. The van der Waals surface area contributed by atoms with Crippen LogP contribution in [-0.2, 0) is 6.54 Å². The molecule has 0 radical (unpaired) electrons. The van der Waals surface area contributed by atoms with Gasteiger partial charge < -0.3 is 11.1 Å². The molecule has 1 rings (SSSR count). The Hall–Kier alpha value is -2.09. The second-order valence-corrected chi connectivity index (χ2v) is 4.61. The van der Waals surface area contributed by atoms with E-state index >= 15 is 0 Å². The molecule has 0 aliphatic heterocycles. The van der Waals surface area contributed by atoms with Gasteiger partial charge in [0, 0.05) is 12.1 Å². The van der Waals surface area contributed by atoms with Crippen LogP contribution in [0.4, 0.5) is 4.39 Å². The van der Waals surface area contributed by atoms with Gasteiger partial charge in [-0.05, 0) is 18.6 Å². The van der Waals surface area contributed by atoms with Crippen molar-refractivity contribution in [2.75, 3.05) is 6.54 Å². The van der Waals surface area contributed by atoms with Gasteiger partial charge >= 0.3 is 0 Å². The SMILES string of the molecule is CCCCCCNC(N)=NCc1ccc(C#N)cc1F. The Balaban J connectivity index is 2.41. The zero-order chi connectivity index (χ0) is 14.8. The van der Waals surface area contributed by atoms with Crippen molar-refractivity contribution in [3.63, 3.8) is 0 Å². The summed E-state index contributed by atoms with van der Waals surface area (Å²) in [5, 5.41) is 11.7. The highest BCUT2D eigenvalue weighted by molar-refractivity contribution is 5.77. The fourth-order valence-electron chi connectivity index (χ4n) is 1.74. The summed E-state index contributed by atoms with van der Waals surface area (Å²) >= 11 is 0. The van der Waals surface area contributed by atoms with E-state index in [1.165, 1.54) is 25.3 Å². The highest BCUT2D eigenvalue weighted by Crippen LogP contribution is 2.10. The molecule has 0 unspecified atom stereocenters. The first kappa shape index (κ1) is 16.0. The molecule has 108 valence electrons. The number of aliphatic imine (C=N–C) groups is 1. The van der Waals surface area contributed by atoms with Crippen molar-refractivity contribution < 1.29 is 4.39 Å². The van der Waals surface area contributed by atoms with Crippen LogP contribution in [0.25, 0.3) is 0 Å². The Morgan fingerprint density at radius 3 is 2.85 bits per heavy atom. The van der Waals surface area contributed by atoms with E-state index in [0.717, 1.165) is 13.0 Å². The molecule has 0 fully saturated rings. The summed E-state index contributed by atoms with van der Waals surface area (Å²) in [5.41, 5.74) is 6.44. The van der Waals surface area contributed by atoms with Crippen molar-refractivity contribution in [1.29, 1.82) is 5.26 Å². The molecule has 0 bridgehead atoms. The minimum absolute atomic E-state index is 0.172. The van der Waals surface area contributed by atoms with Crippen LogP contribution in [0, 0.1) is 17.1 Å². The van der Waals surface area contributed by atoms with Crippen LogP contribution in [-0.4, -0.2) is 12.5 Å². The van der Waals surface area contributed by atoms with Gasteiger partial charge in [-0.25, -0.2) is 9.38 Å². The first-order chi connectivity index (χ1) is 9.67. The van der Waals surface area contributed by atoms with Crippen LogP contribution in [0.3, 0.4) is 0 Å². The second kappa shape index (κ2) is 8.92. The lowest BCUT2D eigenvalue weighted by Gasteiger charge is -2.05. The van der Waals surface area contributed by atoms with Gasteiger partial charge in [0.15, 0.2) is 5.96 Å². The summed E-state index contributed by atoms with van der Waals surface area (Å²) in [5.74, 6) is -0.103. The largest absolute Gasteiger partial charge is 0.370 e. The number of nitrogens with one attached hydrogen (secondary N) is 1. The first-order valence-electron chi connectivity index (χ1n) is 6.89. The first-order valence-corrected chi connectivity index (χ1v) is 6.89. The highest BCUT2D eigenvalue weighted by atomic mass is 19.1.